The van der Waals surface area contributed by atoms with Crippen molar-refractivity contribution in [1.82, 2.24) is 9.80 Å². The maximum atomic E-state index is 9.47. The maximum Gasteiger partial charge on any atom is 0.124 e. The summed E-state index contributed by atoms with van der Waals surface area (Å²) in [5, 5.41) is 9.47. The van der Waals surface area contributed by atoms with Gasteiger partial charge in [-0.15, -0.1) is 0 Å². The van der Waals surface area contributed by atoms with Crippen LogP contribution in [0, 0.1) is 11.3 Å². The fourth-order valence-electron chi connectivity index (χ4n) is 2.39. The monoisotopic (exact) mass is 259 g/mol. The number of hydrogen-bond donors (Lipinski definition) is 0. The summed E-state index contributed by atoms with van der Waals surface area (Å²) in [6.07, 6.45) is 0. The van der Waals surface area contributed by atoms with Gasteiger partial charge in [0.1, 0.15) is 11.8 Å². The van der Waals surface area contributed by atoms with Gasteiger partial charge in [-0.25, -0.2) is 0 Å². The largest absolute Gasteiger partial charge is 0.494 e. The molecule has 0 amide bonds. The molecule has 1 unspecified atom stereocenters. The van der Waals surface area contributed by atoms with Gasteiger partial charge < -0.3 is 9.64 Å². The van der Waals surface area contributed by atoms with E-state index in [4.69, 9.17) is 4.74 Å². The number of hydrogen-bond acceptors (Lipinski definition) is 4. The molecule has 0 aliphatic carbocycles. The Balaban J connectivity index is 2.13. The van der Waals surface area contributed by atoms with Gasteiger partial charge >= 0.3 is 0 Å². The molecular formula is C15H21N3O. The van der Waals surface area contributed by atoms with Gasteiger partial charge in [0.2, 0.25) is 0 Å². The Bertz CT molecular complexity index is 447. The third kappa shape index (κ3) is 3.46. The maximum absolute atomic E-state index is 9.47. The predicted molar refractivity (Wildman–Crippen MR) is 75.0 cm³/mol. The van der Waals surface area contributed by atoms with E-state index in [-0.39, 0.29) is 6.04 Å². The molecule has 1 aromatic carbocycles. The molecule has 0 bridgehead atoms. The van der Waals surface area contributed by atoms with Crippen molar-refractivity contribution in [3.05, 3.63) is 29.8 Å². The van der Waals surface area contributed by atoms with Crippen molar-refractivity contribution in [2.24, 2.45) is 0 Å². The van der Waals surface area contributed by atoms with Crippen LogP contribution in [0.25, 0.3) is 0 Å². The summed E-state index contributed by atoms with van der Waals surface area (Å²) in [5.41, 5.74) is 1.03. The van der Waals surface area contributed by atoms with Crippen LogP contribution < -0.4 is 4.74 Å². The summed E-state index contributed by atoms with van der Waals surface area (Å²) in [6, 6.07) is 10.1. The van der Waals surface area contributed by atoms with Gasteiger partial charge in [0.15, 0.2) is 0 Å². The third-order valence-electron chi connectivity index (χ3n) is 3.51. The van der Waals surface area contributed by atoms with Crippen LogP contribution in [0.5, 0.6) is 5.75 Å². The van der Waals surface area contributed by atoms with Crippen molar-refractivity contribution < 1.29 is 4.74 Å². The van der Waals surface area contributed by atoms with E-state index in [1.54, 1.807) is 0 Å². The number of rotatable bonds is 4. The van der Waals surface area contributed by atoms with E-state index in [0.29, 0.717) is 6.61 Å². The van der Waals surface area contributed by atoms with Crippen LogP contribution in [0.15, 0.2) is 24.3 Å². The minimum absolute atomic E-state index is 0.172. The van der Waals surface area contributed by atoms with Gasteiger partial charge in [0, 0.05) is 26.2 Å². The van der Waals surface area contributed by atoms with Gasteiger partial charge in [-0.1, -0.05) is 12.1 Å². The van der Waals surface area contributed by atoms with E-state index in [0.717, 1.165) is 37.5 Å². The molecule has 1 aliphatic heterocycles. The van der Waals surface area contributed by atoms with Gasteiger partial charge in [0.05, 0.1) is 12.7 Å². The van der Waals surface area contributed by atoms with Crippen LogP contribution in [0.3, 0.4) is 0 Å². The Morgan fingerprint density at radius 2 is 2.05 bits per heavy atom. The van der Waals surface area contributed by atoms with Crippen molar-refractivity contribution in [2.45, 2.75) is 13.0 Å². The molecule has 2 rings (SSSR count). The lowest BCUT2D eigenvalue weighted by atomic mass is 10.1. The molecule has 0 N–H and O–H groups in total. The van der Waals surface area contributed by atoms with Gasteiger partial charge in [-0.05, 0) is 31.7 Å². The number of benzene rings is 1. The van der Waals surface area contributed by atoms with Crippen LogP contribution in [0.4, 0.5) is 0 Å². The quantitative estimate of drug-likeness (QED) is 0.828. The molecule has 1 aromatic rings. The Labute approximate surface area is 115 Å². The molecule has 1 saturated heterocycles. The van der Waals surface area contributed by atoms with Gasteiger partial charge in [0.25, 0.3) is 0 Å². The van der Waals surface area contributed by atoms with Crippen LogP contribution in [-0.2, 0) is 0 Å². The molecule has 19 heavy (non-hydrogen) atoms. The highest BCUT2D eigenvalue weighted by Crippen LogP contribution is 2.24. The normalized spacial score (nSPS) is 18.8. The Hall–Kier alpha value is -1.57. The fraction of sp³-hybridized carbons (Fsp3) is 0.533. The van der Waals surface area contributed by atoms with Gasteiger partial charge in [-0.2, -0.15) is 5.26 Å². The Morgan fingerprint density at radius 3 is 2.68 bits per heavy atom. The zero-order valence-corrected chi connectivity index (χ0v) is 11.7. The lowest BCUT2D eigenvalue weighted by Gasteiger charge is -2.35. The Morgan fingerprint density at radius 1 is 1.32 bits per heavy atom. The predicted octanol–water partition coefficient (Wildman–Crippen LogP) is 1.90. The van der Waals surface area contributed by atoms with E-state index < -0.39 is 0 Å². The van der Waals surface area contributed by atoms with Crippen LogP contribution >= 0.6 is 0 Å². The zero-order valence-electron chi connectivity index (χ0n) is 11.7. The van der Waals surface area contributed by atoms with E-state index in [9.17, 15) is 5.26 Å². The lowest BCUT2D eigenvalue weighted by molar-refractivity contribution is 0.132. The topological polar surface area (TPSA) is 39.5 Å². The second-order valence-corrected chi connectivity index (χ2v) is 4.88. The molecule has 0 aromatic heterocycles. The van der Waals surface area contributed by atoms with E-state index in [1.165, 1.54) is 0 Å². The fourth-order valence-corrected chi connectivity index (χ4v) is 2.39. The number of piperazine rings is 1. The minimum atomic E-state index is -0.172. The first kappa shape index (κ1) is 13.9. The average Bonchev–Trinajstić information content (AvgIpc) is 2.43. The Kier molecular flexibility index (Phi) is 4.78. The summed E-state index contributed by atoms with van der Waals surface area (Å²) in [6.45, 7) is 6.53. The van der Waals surface area contributed by atoms with E-state index in [2.05, 4.69) is 22.9 Å². The van der Waals surface area contributed by atoms with Crippen molar-refractivity contribution in [3.63, 3.8) is 0 Å². The first-order chi connectivity index (χ1) is 9.24. The summed E-state index contributed by atoms with van der Waals surface area (Å²) in [4.78, 5) is 4.53. The average molecular weight is 259 g/mol. The standard InChI is InChI=1S/C15H21N3O/c1-3-19-14-6-4-5-13(11-14)15(12-16)18-9-7-17(2)8-10-18/h4-6,11,15H,3,7-10H2,1-2H3. The zero-order chi connectivity index (χ0) is 13.7. The molecule has 1 heterocycles. The molecular weight excluding hydrogens is 238 g/mol. The first-order valence-corrected chi connectivity index (χ1v) is 6.79. The SMILES string of the molecule is CCOc1cccc(C(C#N)N2CCN(C)CC2)c1. The number of likely N-dealkylation sites (N-methyl/N-ethyl adjacent to an activating group) is 1. The molecule has 0 saturated carbocycles. The van der Waals surface area contributed by atoms with Crippen molar-refractivity contribution in [2.75, 3.05) is 39.8 Å². The van der Waals surface area contributed by atoms with Crippen LogP contribution in [0.2, 0.25) is 0 Å². The molecule has 0 radical (unpaired) electrons. The second kappa shape index (κ2) is 6.55. The minimum Gasteiger partial charge on any atom is -0.494 e. The number of nitrogens with zero attached hydrogens (tertiary/aromatic N) is 3. The van der Waals surface area contributed by atoms with Crippen LogP contribution in [-0.4, -0.2) is 49.6 Å². The number of ether oxygens (including phenoxy) is 1. The smallest absolute Gasteiger partial charge is 0.124 e. The van der Waals surface area contributed by atoms with Crippen molar-refractivity contribution >= 4 is 0 Å². The van der Waals surface area contributed by atoms with Crippen molar-refractivity contribution in [3.8, 4) is 11.8 Å². The molecule has 1 atom stereocenters. The number of nitriles is 1. The lowest BCUT2D eigenvalue weighted by Crippen LogP contribution is -2.45. The highest BCUT2D eigenvalue weighted by molar-refractivity contribution is 5.33. The van der Waals surface area contributed by atoms with Crippen LogP contribution in [0.1, 0.15) is 18.5 Å². The highest BCUT2D eigenvalue weighted by Gasteiger charge is 2.23. The summed E-state index contributed by atoms with van der Waals surface area (Å²) in [5.74, 6) is 0.842. The molecule has 4 nitrogen and oxygen atoms in total. The summed E-state index contributed by atoms with van der Waals surface area (Å²) < 4.78 is 5.51. The first-order valence-electron chi connectivity index (χ1n) is 6.79. The molecule has 0 spiro atoms. The van der Waals surface area contributed by atoms with E-state index in [1.807, 2.05) is 31.2 Å². The molecule has 1 aliphatic rings. The van der Waals surface area contributed by atoms with Gasteiger partial charge in [-0.3, -0.25) is 4.90 Å². The second-order valence-electron chi connectivity index (χ2n) is 4.88. The summed E-state index contributed by atoms with van der Waals surface area (Å²) >= 11 is 0. The summed E-state index contributed by atoms with van der Waals surface area (Å²) in [7, 11) is 2.12. The molecule has 4 heteroatoms. The highest BCUT2D eigenvalue weighted by atomic mass is 16.5. The molecule has 1 fully saturated rings. The third-order valence-corrected chi connectivity index (χ3v) is 3.51. The van der Waals surface area contributed by atoms with E-state index >= 15 is 0 Å². The van der Waals surface area contributed by atoms with Crippen molar-refractivity contribution in [1.29, 1.82) is 5.26 Å². The molecule has 102 valence electrons.